The van der Waals surface area contributed by atoms with Gasteiger partial charge in [-0.15, -0.1) is 0 Å². The van der Waals surface area contributed by atoms with Gasteiger partial charge in [0.1, 0.15) is 12.3 Å². The maximum absolute atomic E-state index is 10.4. The van der Waals surface area contributed by atoms with Crippen molar-refractivity contribution in [1.29, 1.82) is 0 Å². The van der Waals surface area contributed by atoms with Gasteiger partial charge in [0.25, 0.3) is 0 Å². The van der Waals surface area contributed by atoms with Crippen molar-refractivity contribution in [2.24, 2.45) is 7.05 Å². The molecule has 5 heteroatoms. The maximum Gasteiger partial charge on any atom is 0.334 e. The van der Waals surface area contributed by atoms with Crippen LogP contribution in [0.2, 0.25) is 0 Å². The van der Waals surface area contributed by atoms with Crippen LogP contribution in [0.4, 0.5) is 5.13 Å². The van der Waals surface area contributed by atoms with Crippen LogP contribution in [0.3, 0.4) is 0 Å². The van der Waals surface area contributed by atoms with Crippen LogP contribution in [0, 0.1) is 6.92 Å². The first-order valence-corrected chi connectivity index (χ1v) is 7.72. The van der Waals surface area contributed by atoms with E-state index in [0.717, 1.165) is 38.2 Å². The molecule has 0 atom stereocenters. The van der Waals surface area contributed by atoms with Crippen LogP contribution in [-0.4, -0.2) is 25.4 Å². The minimum atomic E-state index is 0.378. The molecule has 0 spiro atoms. The molecule has 0 radical (unpaired) electrons. The van der Waals surface area contributed by atoms with Crippen molar-refractivity contribution in [3.8, 4) is 5.75 Å². The van der Waals surface area contributed by atoms with Crippen LogP contribution in [0.15, 0.2) is 24.3 Å². The standard InChI is InChI=1S/C16H18N2O2S/c1-10-14(19)12-7-5-4-6-11(12)13-15(10)21-16(18(13)2)17-8-9-20-3/h4-7,19H,8-9H2,1-3H3/p+1. The summed E-state index contributed by atoms with van der Waals surface area (Å²) in [6, 6.07) is 7.99. The third-order valence-corrected chi connectivity index (χ3v) is 5.08. The summed E-state index contributed by atoms with van der Waals surface area (Å²) in [6.45, 7) is 3.40. The number of methoxy groups -OCH3 is 1. The molecule has 0 unspecified atom stereocenters. The molecule has 0 amide bonds. The summed E-state index contributed by atoms with van der Waals surface area (Å²) in [5.74, 6) is 0.378. The van der Waals surface area contributed by atoms with Crippen molar-refractivity contribution in [3.05, 3.63) is 29.8 Å². The van der Waals surface area contributed by atoms with Crippen molar-refractivity contribution in [1.82, 2.24) is 0 Å². The van der Waals surface area contributed by atoms with Crippen LogP contribution in [0.5, 0.6) is 5.75 Å². The molecule has 3 rings (SSSR count). The second-order valence-corrected chi connectivity index (χ2v) is 6.08. The summed E-state index contributed by atoms with van der Waals surface area (Å²) >= 11 is 1.67. The number of phenols is 1. The first-order chi connectivity index (χ1) is 10.1. The molecule has 0 saturated heterocycles. The minimum absolute atomic E-state index is 0.378. The number of hydrogen-bond donors (Lipinski definition) is 2. The maximum atomic E-state index is 10.4. The first-order valence-electron chi connectivity index (χ1n) is 6.90. The minimum Gasteiger partial charge on any atom is -0.507 e. The highest BCUT2D eigenvalue weighted by molar-refractivity contribution is 7.22. The fourth-order valence-electron chi connectivity index (χ4n) is 2.64. The average molecular weight is 303 g/mol. The lowest BCUT2D eigenvalue weighted by Crippen LogP contribution is -2.31. The highest BCUT2D eigenvalue weighted by Crippen LogP contribution is 2.39. The van der Waals surface area contributed by atoms with Gasteiger partial charge in [-0.25, -0.2) is 4.57 Å². The van der Waals surface area contributed by atoms with E-state index in [2.05, 4.69) is 23.0 Å². The van der Waals surface area contributed by atoms with Gasteiger partial charge in [-0.3, -0.25) is 5.32 Å². The van der Waals surface area contributed by atoms with E-state index in [0.29, 0.717) is 12.4 Å². The molecule has 0 aliphatic carbocycles. The molecule has 4 nitrogen and oxygen atoms in total. The molecule has 2 N–H and O–H groups in total. The van der Waals surface area contributed by atoms with E-state index in [-0.39, 0.29) is 0 Å². The quantitative estimate of drug-likeness (QED) is 0.575. The van der Waals surface area contributed by atoms with Gasteiger partial charge >= 0.3 is 5.13 Å². The molecule has 0 saturated carbocycles. The van der Waals surface area contributed by atoms with Gasteiger partial charge in [0.05, 0.1) is 18.4 Å². The third-order valence-electron chi connectivity index (χ3n) is 3.77. The van der Waals surface area contributed by atoms with E-state index in [1.165, 1.54) is 0 Å². The zero-order chi connectivity index (χ0) is 15.0. The highest BCUT2D eigenvalue weighted by Gasteiger charge is 2.21. The summed E-state index contributed by atoms with van der Waals surface area (Å²) in [4.78, 5) is 0. The molecule has 0 bridgehead atoms. The van der Waals surface area contributed by atoms with Crippen LogP contribution in [0.25, 0.3) is 21.0 Å². The summed E-state index contributed by atoms with van der Waals surface area (Å²) in [7, 11) is 3.75. The largest absolute Gasteiger partial charge is 0.507 e. The summed E-state index contributed by atoms with van der Waals surface area (Å²) in [6.07, 6.45) is 0. The number of nitrogens with one attached hydrogen (secondary N) is 1. The summed E-state index contributed by atoms with van der Waals surface area (Å²) in [5.41, 5.74) is 2.09. The predicted octanol–water partition coefficient (Wildman–Crippen LogP) is 2.95. The Morgan fingerprint density at radius 3 is 2.71 bits per heavy atom. The summed E-state index contributed by atoms with van der Waals surface area (Å²) < 4.78 is 8.36. The monoisotopic (exact) mass is 303 g/mol. The molecule has 110 valence electrons. The van der Waals surface area contributed by atoms with E-state index in [1.807, 2.05) is 25.1 Å². The van der Waals surface area contributed by atoms with Crippen molar-refractivity contribution < 1.29 is 14.4 Å². The predicted molar refractivity (Wildman–Crippen MR) is 87.3 cm³/mol. The molecule has 1 aromatic heterocycles. The number of benzene rings is 2. The second-order valence-electron chi connectivity index (χ2n) is 5.08. The Morgan fingerprint density at radius 2 is 2.00 bits per heavy atom. The number of fused-ring (bicyclic) bond motifs is 3. The fraction of sp³-hybridized carbons (Fsp3) is 0.312. The molecule has 0 fully saturated rings. The van der Waals surface area contributed by atoms with Gasteiger partial charge in [-0.1, -0.05) is 18.2 Å². The van der Waals surface area contributed by atoms with Crippen LogP contribution >= 0.6 is 11.3 Å². The van der Waals surface area contributed by atoms with Gasteiger partial charge in [-0.2, -0.15) is 0 Å². The molecule has 0 aliphatic rings. The molecular formula is C16H19N2O2S+. The average Bonchev–Trinajstić information content (AvgIpc) is 2.83. The Balaban J connectivity index is 2.26. The van der Waals surface area contributed by atoms with Crippen molar-refractivity contribution in [3.63, 3.8) is 0 Å². The molecule has 0 aliphatic heterocycles. The summed E-state index contributed by atoms with van der Waals surface area (Å²) in [5, 5.41) is 16.9. The van der Waals surface area contributed by atoms with Gasteiger partial charge < -0.3 is 9.84 Å². The van der Waals surface area contributed by atoms with Gasteiger partial charge in [0, 0.05) is 23.4 Å². The lowest BCUT2D eigenvalue weighted by Gasteiger charge is -2.05. The van der Waals surface area contributed by atoms with E-state index >= 15 is 0 Å². The SMILES string of the molecule is COCCNc1sc2c(C)c(O)c3ccccc3c2[n+]1C. The lowest BCUT2D eigenvalue weighted by molar-refractivity contribution is -0.625. The van der Waals surface area contributed by atoms with Crippen molar-refractivity contribution in [2.75, 3.05) is 25.6 Å². The number of nitrogens with zero attached hydrogens (tertiary/aromatic N) is 1. The number of hydrogen-bond acceptors (Lipinski definition) is 4. The van der Waals surface area contributed by atoms with Crippen LogP contribution < -0.4 is 9.88 Å². The van der Waals surface area contributed by atoms with Gasteiger partial charge in [-0.05, 0) is 24.3 Å². The van der Waals surface area contributed by atoms with Crippen molar-refractivity contribution in [2.45, 2.75) is 6.92 Å². The zero-order valence-electron chi connectivity index (χ0n) is 12.4. The van der Waals surface area contributed by atoms with E-state index in [1.54, 1.807) is 18.4 Å². The molecule has 2 aromatic carbocycles. The van der Waals surface area contributed by atoms with Crippen LogP contribution in [-0.2, 0) is 11.8 Å². The normalized spacial score (nSPS) is 11.4. The Bertz CT molecular complexity index is 811. The Kier molecular flexibility index (Phi) is 3.69. The number of thiazole rings is 1. The van der Waals surface area contributed by atoms with E-state index < -0.39 is 0 Å². The fourth-order valence-corrected chi connectivity index (χ4v) is 3.83. The number of rotatable bonds is 4. The van der Waals surface area contributed by atoms with Crippen molar-refractivity contribution >= 4 is 37.5 Å². The number of aromatic nitrogens is 1. The van der Waals surface area contributed by atoms with Gasteiger partial charge in [0.15, 0.2) is 5.52 Å². The Hall–Kier alpha value is -1.85. The van der Waals surface area contributed by atoms with E-state index in [4.69, 9.17) is 4.74 Å². The van der Waals surface area contributed by atoms with E-state index in [9.17, 15) is 5.11 Å². The third kappa shape index (κ3) is 2.22. The lowest BCUT2D eigenvalue weighted by atomic mass is 10.0. The number of aromatic hydroxyl groups is 1. The number of ether oxygens (including phenoxy) is 1. The molecule has 3 aromatic rings. The number of phenolic OH excluding ortho intramolecular Hbond substituents is 1. The Labute approximate surface area is 127 Å². The highest BCUT2D eigenvalue weighted by atomic mass is 32.1. The zero-order valence-corrected chi connectivity index (χ0v) is 13.3. The Morgan fingerprint density at radius 1 is 1.29 bits per heavy atom. The number of anilines is 1. The smallest absolute Gasteiger partial charge is 0.334 e. The molecule has 1 heterocycles. The molecule has 21 heavy (non-hydrogen) atoms. The topological polar surface area (TPSA) is 45.4 Å². The van der Waals surface area contributed by atoms with Gasteiger partial charge in [0.2, 0.25) is 0 Å². The number of aryl methyl sites for hydroxylation is 2. The van der Waals surface area contributed by atoms with Crippen LogP contribution in [0.1, 0.15) is 5.56 Å². The molecular weight excluding hydrogens is 284 g/mol. The first kappa shape index (κ1) is 14.1. The second kappa shape index (κ2) is 5.50.